The summed E-state index contributed by atoms with van der Waals surface area (Å²) in [6.07, 6.45) is 4.55. The number of nitrogens with one attached hydrogen (secondary N) is 2. The van der Waals surface area contributed by atoms with E-state index in [0.717, 1.165) is 51.5 Å². The summed E-state index contributed by atoms with van der Waals surface area (Å²) in [5.41, 5.74) is 0. The van der Waals surface area contributed by atoms with Gasteiger partial charge < -0.3 is 15.5 Å². The summed E-state index contributed by atoms with van der Waals surface area (Å²) in [5.74, 6) is 1.66. The van der Waals surface area contributed by atoms with Crippen molar-refractivity contribution in [2.45, 2.75) is 44.7 Å². The summed E-state index contributed by atoms with van der Waals surface area (Å²) in [6, 6.07) is 5.31. The van der Waals surface area contributed by atoms with E-state index >= 15 is 0 Å². The van der Waals surface area contributed by atoms with Crippen molar-refractivity contribution >= 4 is 23.2 Å². The lowest BCUT2D eigenvalue weighted by Gasteiger charge is -2.38. The highest BCUT2D eigenvalue weighted by Crippen LogP contribution is 2.37. The van der Waals surface area contributed by atoms with E-state index in [1.54, 1.807) is 4.90 Å². The molecule has 2 aliphatic heterocycles. The summed E-state index contributed by atoms with van der Waals surface area (Å²) in [6.45, 7) is 7.41. The molecule has 2 fully saturated rings. The maximum absolute atomic E-state index is 12.0. The number of aliphatic imine (C=N–C) groups is 1. The van der Waals surface area contributed by atoms with E-state index < -0.39 is 0 Å². The smallest absolute Gasteiger partial charge is 0.236 e. The van der Waals surface area contributed by atoms with E-state index in [4.69, 9.17) is 4.99 Å². The second-order valence-electron chi connectivity index (χ2n) is 9.05. The van der Waals surface area contributed by atoms with Crippen LogP contribution in [0.25, 0.3) is 0 Å². The first-order valence-electron chi connectivity index (χ1n) is 11.7. The Morgan fingerprint density at radius 1 is 1.26 bits per heavy atom. The number of amides is 1. The van der Waals surface area contributed by atoms with Gasteiger partial charge in [-0.25, -0.2) is 0 Å². The normalized spacial score (nSPS) is 24.2. The number of carbonyl (C=O) groups excluding carboxylic acids is 1. The predicted molar refractivity (Wildman–Crippen MR) is 130 cm³/mol. The lowest BCUT2D eigenvalue weighted by atomic mass is 9.88. The zero-order valence-electron chi connectivity index (χ0n) is 19.6. The van der Waals surface area contributed by atoms with Gasteiger partial charge in [0.25, 0.3) is 0 Å². The molecule has 2 unspecified atom stereocenters. The Balaban J connectivity index is 1.55. The molecule has 31 heavy (non-hydrogen) atoms. The number of rotatable bonds is 7. The van der Waals surface area contributed by atoms with Crippen LogP contribution in [0.4, 0.5) is 0 Å². The predicted octanol–water partition coefficient (Wildman–Crippen LogP) is 2.24. The van der Waals surface area contributed by atoms with Crippen LogP contribution in [0.5, 0.6) is 0 Å². The SMILES string of the molecule is CCNC(=NCC1CCCN(C)C1c1cccs1)NC1CCN(CC(=O)N(C)C)CC1. The minimum atomic E-state index is 0.180. The maximum atomic E-state index is 12.0. The Bertz CT molecular complexity index is 699. The number of thiophene rings is 1. The summed E-state index contributed by atoms with van der Waals surface area (Å²) < 4.78 is 0. The average molecular weight is 449 g/mol. The highest BCUT2D eigenvalue weighted by Gasteiger charge is 2.31. The molecule has 0 saturated carbocycles. The van der Waals surface area contributed by atoms with Crippen molar-refractivity contribution in [1.82, 2.24) is 25.3 Å². The lowest BCUT2D eigenvalue weighted by Crippen LogP contribution is -2.50. The molecule has 0 radical (unpaired) electrons. The minimum Gasteiger partial charge on any atom is -0.357 e. The second-order valence-corrected chi connectivity index (χ2v) is 10.0. The number of hydrogen-bond acceptors (Lipinski definition) is 5. The molecule has 1 amide bonds. The Labute approximate surface area is 191 Å². The molecule has 174 valence electrons. The highest BCUT2D eigenvalue weighted by atomic mass is 32.1. The zero-order valence-corrected chi connectivity index (χ0v) is 20.5. The lowest BCUT2D eigenvalue weighted by molar-refractivity contribution is -0.130. The molecule has 1 aromatic rings. The topological polar surface area (TPSA) is 63.2 Å². The van der Waals surface area contributed by atoms with Crippen molar-refractivity contribution in [2.75, 3.05) is 60.4 Å². The Morgan fingerprint density at radius 3 is 2.68 bits per heavy atom. The van der Waals surface area contributed by atoms with Crippen LogP contribution in [0, 0.1) is 5.92 Å². The number of nitrogens with zero attached hydrogens (tertiary/aromatic N) is 4. The first-order chi connectivity index (χ1) is 15.0. The van der Waals surface area contributed by atoms with E-state index in [0.29, 0.717) is 24.5 Å². The van der Waals surface area contributed by atoms with Crippen LogP contribution in [0.2, 0.25) is 0 Å². The van der Waals surface area contributed by atoms with Crippen LogP contribution in [-0.2, 0) is 4.79 Å². The standard InChI is InChI=1S/C23H40N6OS/c1-5-24-23(26-19-10-13-29(14-11-19)17-21(30)27(2)3)25-16-18-8-6-12-28(4)22(18)20-9-7-15-31-20/h7,9,15,18-19,22H,5-6,8,10-14,16-17H2,1-4H3,(H2,24,25,26). The molecule has 0 spiro atoms. The fourth-order valence-corrected chi connectivity index (χ4v) is 5.63. The number of likely N-dealkylation sites (N-methyl/N-ethyl adjacent to an activating group) is 1. The molecule has 2 N–H and O–H groups in total. The Morgan fingerprint density at radius 2 is 2.03 bits per heavy atom. The maximum Gasteiger partial charge on any atom is 0.236 e. The van der Waals surface area contributed by atoms with E-state index in [1.165, 1.54) is 17.7 Å². The van der Waals surface area contributed by atoms with Crippen molar-refractivity contribution in [3.05, 3.63) is 22.4 Å². The Hall–Kier alpha value is -1.64. The fourth-order valence-electron chi connectivity index (χ4n) is 4.65. The molecule has 2 atom stereocenters. The molecule has 2 aliphatic rings. The molecule has 3 rings (SSSR count). The van der Waals surface area contributed by atoms with Crippen molar-refractivity contribution in [1.29, 1.82) is 0 Å². The van der Waals surface area contributed by atoms with Gasteiger partial charge in [-0.1, -0.05) is 6.07 Å². The number of carbonyl (C=O) groups is 1. The van der Waals surface area contributed by atoms with Gasteiger partial charge in [0.15, 0.2) is 5.96 Å². The number of piperidine rings is 2. The van der Waals surface area contributed by atoms with Gasteiger partial charge in [-0.3, -0.25) is 19.6 Å². The van der Waals surface area contributed by atoms with Crippen molar-refractivity contribution in [3.8, 4) is 0 Å². The van der Waals surface area contributed by atoms with E-state index in [-0.39, 0.29) is 5.91 Å². The molecule has 0 aromatic carbocycles. The molecule has 8 heteroatoms. The summed E-state index contributed by atoms with van der Waals surface area (Å²) in [4.78, 5) is 24.9. The molecule has 3 heterocycles. The van der Waals surface area contributed by atoms with Gasteiger partial charge in [0.2, 0.25) is 5.91 Å². The van der Waals surface area contributed by atoms with Gasteiger partial charge >= 0.3 is 0 Å². The van der Waals surface area contributed by atoms with Gasteiger partial charge in [-0.15, -0.1) is 11.3 Å². The first-order valence-corrected chi connectivity index (χ1v) is 12.6. The third-order valence-corrected chi connectivity index (χ3v) is 7.40. The second kappa shape index (κ2) is 11.8. The van der Waals surface area contributed by atoms with Crippen LogP contribution < -0.4 is 10.6 Å². The van der Waals surface area contributed by atoms with Gasteiger partial charge in [0.1, 0.15) is 0 Å². The molecule has 0 aliphatic carbocycles. The zero-order chi connectivity index (χ0) is 22.2. The monoisotopic (exact) mass is 448 g/mol. The van der Waals surface area contributed by atoms with Crippen molar-refractivity contribution in [2.24, 2.45) is 10.9 Å². The molecular formula is C23H40N6OS. The summed E-state index contributed by atoms with van der Waals surface area (Å²) in [7, 11) is 5.89. The average Bonchev–Trinajstić information content (AvgIpc) is 3.27. The van der Waals surface area contributed by atoms with Crippen LogP contribution in [0.1, 0.15) is 43.5 Å². The minimum absolute atomic E-state index is 0.180. The van der Waals surface area contributed by atoms with Crippen LogP contribution in [0.15, 0.2) is 22.5 Å². The van der Waals surface area contributed by atoms with Gasteiger partial charge in [0, 0.05) is 57.2 Å². The van der Waals surface area contributed by atoms with Crippen LogP contribution >= 0.6 is 11.3 Å². The molecule has 7 nitrogen and oxygen atoms in total. The highest BCUT2D eigenvalue weighted by molar-refractivity contribution is 7.10. The fraction of sp³-hybridized carbons (Fsp3) is 0.739. The molecule has 0 bridgehead atoms. The number of hydrogen-bond donors (Lipinski definition) is 2. The quantitative estimate of drug-likeness (QED) is 0.495. The van der Waals surface area contributed by atoms with Gasteiger partial charge in [-0.2, -0.15) is 0 Å². The van der Waals surface area contributed by atoms with E-state index in [2.05, 4.69) is 51.9 Å². The summed E-state index contributed by atoms with van der Waals surface area (Å²) >= 11 is 1.86. The number of likely N-dealkylation sites (tertiary alicyclic amines) is 2. The van der Waals surface area contributed by atoms with Crippen molar-refractivity contribution in [3.63, 3.8) is 0 Å². The number of guanidine groups is 1. The first kappa shape index (κ1) is 24.0. The van der Waals surface area contributed by atoms with E-state index in [9.17, 15) is 4.79 Å². The van der Waals surface area contributed by atoms with Gasteiger partial charge in [-0.05, 0) is 63.6 Å². The third-order valence-electron chi connectivity index (χ3n) is 6.46. The van der Waals surface area contributed by atoms with Gasteiger partial charge in [0.05, 0.1) is 6.54 Å². The van der Waals surface area contributed by atoms with Crippen LogP contribution in [-0.4, -0.2) is 93.0 Å². The largest absolute Gasteiger partial charge is 0.357 e. The molecular weight excluding hydrogens is 408 g/mol. The summed E-state index contributed by atoms with van der Waals surface area (Å²) in [5, 5.41) is 9.28. The van der Waals surface area contributed by atoms with Crippen LogP contribution in [0.3, 0.4) is 0 Å². The van der Waals surface area contributed by atoms with Crippen molar-refractivity contribution < 1.29 is 4.79 Å². The van der Waals surface area contributed by atoms with E-state index in [1.807, 2.05) is 25.4 Å². The third kappa shape index (κ3) is 6.92. The Kier molecular flexibility index (Phi) is 9.16. The molecule has 2 saturated heterocycles. The molecule has 1 aromatic heterocycles.